The van der Waals surface area contributed by atoms with Crippen molar-refractivity contribution < 1.29 is 9.59 Å². The molecule has 1 aliphatic heterocycles. The fraction of sp³-hybridized carbons (Fsp3) is 0.529. The van der Waals surface area contributed by atoms with Crippen LogP contribution in [-0.2, 0) is 9.59 Å². The molecule has 0 radical (unpaired) electrons. The average molecular weight is 288 g/mol. The van der Waals surface area contributed by atoms with Crippen molar-refractivity contribution in [3.8, 4) is 0 Å². The summed E-state index contributed by atoms with van der Waals surface area (Å²) in [7, 11) is 0. The van der Waals surface area contributed by atoms with Gasteiger partial charge in [0.05, 0.1) is 12.6 Å². The van der Waals surface area contributed by atoms with Crippen molar-refractivity contribution in [2.24, 2.45) is 0 Å². The van der Waals surface area contributed by atoms with Crippen LogP contribution in [0.15, 0.2) is 30.3 Å². The molecular formula is C17H24N2O2. The summed E-state index contributed by atoms with van der Waals surface area (Å²) >= 11 is 0. The lowest BCUT2D eigenvalue weighted by atomic mass is 10.0. The van der Waals surface area contributed by atoms with E-state index in [1.165, 1.54) is 0 Å². The van der Waals surface area contributed by atoms with Crippen molar-refractivity contribution in [1.82, 2.24) is 4.90 Å². The molecule has 0 N–H and O–H groups in total. The molecule has 1 aromatic rings. The molecule has 1 fully saturated rings. The van der Waals surface area contributed by atoms with E-state index in [-0.39, 0.29) is 18.0 Å². The van der Waals surface area contributed by atoms with Crippen molar-refractivity contribution in [2.45, 2.75) is 45.2 Å². The van der Waals surface area contributed by atoms with Crippen molar-refractivity contribution in [3.05, 3.63) is 30.3 Å². The lowest BCUT2D eigenvalue weighted by molar-refractivity contribution is -0.122. The SMILES string of the molecule is CC(C)N(C(=O)CN1CCCCC1C=O)c1ccccc1. The molecule has 1 saturated heterocycles. The smallest absolute Gasteiger partial charge is 0.241 e. The van der Waals surface area contributed by atoms with Gasteiger partial charge in [0.2, 0.25) is 5.91 Å². The maximum absolute atomic E-state index is 12.7. The summed E-state index contributed by atoms with van der Waals surface area (Å²) in [5, 5.41) is 0. The number of amides is 1. The average Bonchev–Trinajstić information content (AvgIpc) is 2.48. The number of piperidine rings is 1. The molecule has 4 heteroatoms. The Bertz CT molecular complexity index is 473. The number of benzene rings is 1. The van der Waals surface area contributed by atoms with Gasteiger partial charge in [-0.3, -0.25) is 9.69 Å². The highest BCUT2D eigenvalue weighted by Crippen LogP contribution is 2.19. The normalized spacial score (nSPS) is 19.5. The summed E-state index contributed by atoms with van der Waals surface area (Å²) in [4.78, 5) is 27.7. The number of nitrogens with zero attached hydrogens (tertiary/aromatic N) is 2. The van der Waals surface area contributed by atoms with E-state index in [4.69, 9.17) is 0 Å². The first kappa shape index (κ1) is 15.7. The van der Waals surface area contributed by atoms with E-state index in [0.717, 1.165) is 37.8 Å². The summed E-state index contributed by atoms with van der Waals surface area (Å²) in [5.41, 5.74) is 0.914. The van der Waals surface area contributed by atoms with Crippen LogP contribution < -0.4 is 4.90 Å². The highest BCUT2D eigenvalue weighted by Gasteiger charge is 2.27. The summed E-state index contributed by atoms with van der Waals surface area (Å²) in [6, 6.07) is 9.71. The predicted octanol–water partition coefficient (Wildman–Crippen LogP) is 2.48. The molecule has 4 nitrogen and oxygen atoms in total. The molecular weight excluding hydrogens is 264 g/mol. The number of carbonyl (C=O) groups excluding carboxylic acids is 2. The van der Waals surface area contributed by atoms with E-state index in [1.807, 2.05) is 54.0 Å². The number of aldehydes is 1. The number of anilines is 1. The summed E-state index contributed by atoms with van der Waals surface area (Å²) < 4.78 is 0. The molecule has 1 aliphatic rings. The van der Waals surface area contributed by atoms with Crippen LogP contribution in [0, 0.1) is 0 Å². The first-order valence-corrected chi connectivity index (χ1v) is 7.70. The Kier molecular flexibility index (Phi) is 5.51. The molecule has 0 aromatic heterocycles. The van der Waals surface area contributed by atoms with E-state index < -0.39 is 0 Å². The number of hydrogen-bond donors (Lipinski definition) is 0. The molecule has 0 saturated carbocycles. The van der Waals surface area contributed by atoms with Crippen LogP contribution in [0.2, 0.25) is 0 Å². The molecule has 114 valence electrons. The van der Waals surface area contributed by atoms with Crippen molar-refractivity contribution in [2.75, 3.05) is 18.0 Å². The van der Waals surface area contributed by atoms with Crippen LogP contribution in [0.25, 0.3) is 0 Å². The molecule has 0 spiro atoms. The minimum atomic E-state index is -0.104. The van der Waals surface area contributed by atoms with Gasteiger partial charge in [0.1, 0.15) is 6.29 Å². The zero-order valence-electron chi connectivity index (χ0n) is 12.9. The van der Waals surface area contributed by atoms with Gasteiger partial charge in [0.25, 0.3) is 0 Å². The topological polar surface area (TPSA) is 40.6 Å². The Hall–Kier alpha value is -1.68. The number of rotatable bonds is 5. The Labute approximate surface area is 126 Å². The van der Waals surface area contributed by atoms with Crippen LogP contribution in [-0.4, -0.2) is 42.3 Å². The third-order valence-corrected chi connectivity index (χ3v) is 3.98. The van der Waals surface area contributed by atoms with E-state index in [0.29, 0.717) is 6.54 Å². The molecule has 2 rings (SSSR count). The highest BCUT2D eigenvalue weighted by molar-refractivity contribution is 5.95. The molecule has 1 amide bonds. The summed E-state index contributed by atoms with van der Waals surface area (Å²) in [6.07, 6.45) is 3.98. The Morgan fingerprint density at radius 2 is 2.05 bits per heavy atom. The monoisotopic (exact) mass is 288 g/mol. The number of likely N-dealkylation sites (tertiary alicyclic amines) is 1. The largest absolute Gasteiger partial charge is 0.309 e. The molecule has 1 unspecified atom stereocenters. The first-order valence-electron chi connectivity index (χ1n) is 7.70. The quantitative estimate of drug-likeness (QED) is 0.782. The van der Waals surface area contributed by atoms with Gasteiger partial charge in [-0.15, -0.1) is 0 Å². The van der Waals surface area contributed by atoms with Gasteiger partial charge >= 0.3 is 0 Å². The van der Waals surface area contributed by atoms with Crippen molar-refractivity contribution >= 4 is 17.9 Å². The third kappa shape index (κ3) is 3.91. The van der Waals surface area contributed by atoms with Gasteiger partial charge in [0, 0.05) is 11.7 Å². The lowest BCUT2D eigenvalue weighted by Gasteiger charge is -2.34. The fourth-order valence-corrected chi connectivity index (χ4v) is 2.94. The minimum Gasteiger partial charge on any atom is -0.309 e. The number of carbonyl (C=O) groups is 2. The van der Waals surface area contributed by atoms with Gasteiger partial charge < -0.3 is 9.69 Å². The molecule has 21 heavy (non-hydrogen) atoms. The zero-order chi connectivity index (χ0) is 15.2. The van der Waals surface area contributed by atoms with Crippen LogP contribution in [0.3, 0.4) is 0 Å². The number of hydrogen-bond acceptors (Lipinski definition) is 3. The minimum absolute atomic E-state index is 0.0601. The summed E-state index contributed by atoms with van der Waals surface area (Å²) in [5.74, 6) is 0.0601. The lowest BCUT2D eigenvalue weighted by Crippen LogP contribution is -2.49. The molecule has 1 aromatic carbocycles. The van der Waals surface area contributed by atoms with Gasteiger partial charge in [-0.2, -0.15) is 0 Å². The highest BCUT2D eigenvalue weighted by atomic mass is 16.2. The molecule has 0 aliphatic carbocycles. The van der Waals surface area contributed by atoms with E-state index in [2.05, 4.69) is 0 Å². The van der Waals surface area contributed by atoms with Gasteiger partial charge in [-0.1, -0.05) is 24.6 Å². The Morgan fingerprint density at radius 1 is 1.33 bits per heavy atom. The third-order valence-electron chi connectivity index (χ3n) is 3.98. The fourth-order valence-electron chi connectivity index (χ4n) is 2.94. The molecule has 0 bridgehead atoms. The van der Waals surface area contributed by atoms with Gasteiger partial charge in [-0.25, -0.2) is 0 Å². The second-order valence-electron chi connectivity index (χ2n) is 5.86. The van der Waals surface area contributed by atoms with E-state index in [9.17, 15) is 9.59 Å². The van der Waals surface area contributed by atoms with Crippen LogP contribution >= 0.6 is 0 Å². The molecule has 1 heterocycles. The van der Waals surface area contributed by atoms with E-state index >= 15 is 0 Å². The Balaban J connectivity index is 2.10. The summed E-state index contributed by atoms with van der Waals surface area (Å²) in [6.45, 7) is 5.17. The van der Waals surface area contributed by atoms with Gasteiger partial charge in [-0.05, 0) is 45.4 Å². The standard InChI is InChI=1S/C17H24N2O2/c1-14(2)19(15-8-4-3-5-9-15)17(21)12-18-11-7-6-10-16(18)13-20/h3-5,8-9,13-14,16H,6-7,10-12H2,1-2H3. The zero-order valence-corrected chi connectivity index (χ0v) is 12.9. The van der Waals surface area contributed by atoms with E-state index in [1.54, 1.807) is 0 Å². The second kappa shape index (κ2) is 7.36. The van der Waals surface area contributed by atoms with Crippen LogP contribution in [0.1, 0.15) is 33.1 Å². The predicted molar refractivity (Wildman–Crippen MR) is 84.3 cm³/mol. The van der Waals surface area contributed by atoms with Crippen molar-refractivity contribution in [1.29, 1.82) is 0 Å². The Morgan fingerprint density at radius 3 is 2.67 bits per heavy atom. The molecule has 1 atom stereocenters. The second-order valence-corrected chi connectivity index (χ2v) is 5.86. The van der Waals surface area contributed by atoms with Crippen molar-refractivity contribution in [3.63, 3.8) is 0 Å². The van der Waals surface area contributed by atoms with Crippen LogP contribution in [0.4, 0.5) is 5.69 Å². The van der Waals surface area contributed by atoms with Gasteiger partial charge in [0.15, 0.2) is 0 Å². The maximum Gasteiger partial charge on any atom is 0.241 e. The van der Waals surface area contributed by atoms with Crippen LogP contribution in [0.5, 0.6) is 0 Å². The number of para-hydroxylation sites is 1. The first-order chi connectivity index (χ1) is 10.1. The maximum atomic E-state index is 12.7.